The van der Waals surface area contributed by atoms with Crippen molar-refractivity contribution in [1.82, 2.24) is 44.9 Å². The third-order valence-corrected chi connectivity index (χ3v) is 11.6. The Morgan fingerprint density at radius 2 is 0.618 bits per heavy atom. The van der Waals surface area contributed by atoms with Crippen LogP contribution in [0.1, 0.15) is 11.4 Å². The van der Waals surface area contributed by atoms with Crippen LogP contribution in [0.5, 0.6) is 0 Å². The highest BCUT2D eigenvalue weighted by Gasteiger charge is 2.18. The summed E-state index contributed by atoms with van der Waals surface area (Å²) in [7, 11) is 0. The molecule has 9 heteroatoms. The molecule has 0 aliphatic heterocycles. The minimum Gasteiger partial charge on any atom is -0.264 e. The Hall–Kier alpha value is -9.21. The van der Waals surface area contributed by atoms with Crippen molar-refractivity contribution < 1.29 is 0 Å². The smallest absolute Gasteiger partial charge is 0.164 e. The number of aromatic nitrogens is 9. The number of hydrogen-bond acceptors (Lipinski definition) is 9. The fourth-order valence-corrected chi connectivity index (χ4v) is 8.30. The first-order chi connectivity index (χ1) is 33.5. The minimum atomic E-state index is 0.558. The van der Waals surface area contributed by atoms with E-state index >= 15 is 0 Å². The maximum Gasteiger partial charge on any atom is 0.164 e. The van der Waals surface area contributed by atoms with Gasteiger partial charge >= 0.3 is 0 Å². The van der Waals surface area contributed by atoms with E-state index in [2.05, 4.69) is 83.8 Å². The van der Waals surface area contributed by atoms with Crippen LogP contribution in [-0.4, -0.2) is 44.9 Å². The largest absolute Gasteiger partial charge is 0.264 e. The Morgan fingerprint density at radius 1 is 0.235 bits per heavy atom. The molecule has 9 nitrogen and oxygen atoms in total. The van der Waals surface area contributed by atoms with Crippen LogP contribution in [0.2, 0.25) is 0 Å². The molecule has 0 unspecified atom stereocenters. The van der Waals surface area contributed by atoms with Gasteiger partial charge < -0.3 is 0 Å². The Balaban J connectivity index is 1.02. The Kier molecular flexibility index (Phi) is 11.2. The van der Waals surface area contributed by atoms with Crippen LogP contribution < -0.4 is 0 Å². The number of benzene rings is 7. The lowest BCUT2D eigenvalue weighted by Crippen LogP contribution is -2.00. The van der Waals surface area contributed by atoms with E-state index in [1.54, 1.807) is 6.20 Å². The average Bonchev–Trinajstić information content (AvgIpc) is 3.41. The van der Waals surface area contributed by atoms with Gasteiger partial charge in [0.05, 0.1) is 0 Å². The molecule has 0 atom stereocenters. The lowest BCUT2D eigenvalue weighted by atomic mass is 9.92. The average molecular weight is 876 g/mol. The van der Waals surface area contributed by atoms with Crippen molar-refractivity contribution in [3.8, 4) is 113 Å². The van der Waals surface area contributed by atoms with Gasteiger partial charge in [-0.1, -0.05) is 164 Å². The normalized spacial score (nSPS) is 11.1. The van der Waals surface area contributed by atoms with E-state index in [0.717, 1.165) is 83.7 Å². The second-order valence-electron chi connectivity index (χ2n) is 16.4. The van der Waals surface area contributed by atoms with Crippen molar-refractivity contribution in [2.45, 2.75) is 13.8 Å². The Labute approximate surface area is 394 Å². The van der Waals surface area contributed by atoms with Crippen LogP contribution >= 0.6 is 0 Å². The molecule has 322 valence electrons. The first-order valence-corrected chi connectivity index (χ1v) is 22.3. The lowest BCUT2D eigenvalue weighted by molar-refractivity contribution is 1.06. The number of pyridine rings is 1. The van der Waals surface area contributed by atoms with E-state index in [4.69, 9.17) is 39.9 Å². The van der Waals surface area contributed by atoms with Crippen molar-refractivity contribution in [2.24, 2.45) is 0 Å². The van der Waals surface area contributed by atoms with Crippen molar-refractivity contribution in [1.29, 1.82) is 0 Å². The third kappa shape index (κ3) is 8.79. The molecular formula is C59H41N9. The first-order valence-electron chi connectivity index (χ1n) is 22.3. The van der Waals surface area contributed by atoms with E-state index in [1.807, 2.05) is 141 Å². The van der Waals surface area contributed by atoms with Gasteiger partial charge in [-0.3, -0.25) is 4.98 Å². The van der Waals surface area contributed by atoms with Crippen LogP contribution in [0.4, 0.5) is 0 Å². The molecule has 0 radical (unpaired) electrons. The van der Waals surface area contributed by atoms with Crippen LogP contribution in [0.3, 0.4) is 0 Å². The molecule has 0 aliphatic rings. The van der Waals surface area contributed by atoms with E-state index in [1.165, 1.54) is 0 Å². The molecule has 4 aromatic heterocycles. The Bertz CT molecular complexity index is 3490. The van der Waals surface area contributed by atoms with Gasteiger partial charge in [-0.05, 0) is 83.6 Å². The summed E-state index contributed by atoms with van der Waals surface area (Å²) in [6, 6.07) is 67.5. The zero-order valence-electron chi connectivity index (χ0n) is 37.2. The van der Waals surface area contributed by atoms with E-state index in [-0.39, 0.29) is 0 Å². The molecule has 0 amide bonds. The van der Waals surface area contributed by atoms with Gasteiger partial charge in [-0.15, -0.1) is 0 Å². The number of rotatable bonds is 10. The second-order valence-corrected chi connectivity index (χ2v) is 16.4. The fraction of sp³-hybridized carbons (Fsp3) is 0.0339. The minimum absolute atomic E-state index is 0.558. The van der Waals surface area contributed by atoms with Crippen molar-refractivity contribution in [3.63, 3.8) is 0 Å². The lowest BCUT2D eigenvalue weighted by Gasteiger charge is -2.15. The molecule has 7 aromatic carbocycles. The standard InChI is InChI=1S/C59H41N9/c1-38-33-39(2)62-59(61-38)51-31-30-46(45-21-12-23-48(34-45)57-65-53(41-15-6-3-7-16-41)63-54(66-57)42-17-8-4-9-18-42)36-52(51)47-22-13-24-49(35-47)58-67-55(43-19-10-5-11-20-43)64-56(68-58)44-28-26-40(27-29-44)50-25-14-32-60-37-50/h3-37H,1-2H3. The number of hydrogen-bond donors (Lipinski definition) is 0. The molecule has 68 heavy (non-hydrogen) atoms. The molecule has 0 spiro atoms. The van der Waals surface area contributed by atoms with Gasteiger partial charge in [-0.25, -0.2) is 39.9 Å². The van der Waals surface area contributed by atoms with E-state index in [9.17, 15) is 0 Å². The molecular weight excluding hydrogens is 835 g/mol. The van der Waals surface area contributed by atoms with Gasteiger partial charge in [-0.2, -0.15) is 0 Å². The predicted octanol–water partition coefficient (Wildman–Crippen LogP) is 13.5. The van der Waals surface area contributed by atoms with Gasteiger partial charge in [0.1, 0.15) is 0 Å². The number of nitrogens with zero attached hydrogens (tertiary/aromatic N) is 9. The SMILES string of the molecule is Cc1cc(C)nc(-c2ccc(-c3cccc(-c4nc(-c5ccccc5)nc(-c5ccccc5)n4)c3)cc2-c2cccc(-c3nc(-c4ccccc4)nc(-c4ccc(-c5cccnc5)cc4)n3)c2)n1. The zero-order valence-corrected chi connectivity index (χ0v) is 37.2. The summed E-state index contributed by atoms with van der Waals surface area (Å²) in [4.78, 5) is 44.3. The quantitative estimate of drug-likeness (QED) is 0.132. The monoisotopic (exact) mass is 875 g/mol. The highest BCUT2D eigenvalue weighted by molar-refractivity contribution is 5.87. The molecule has 0 N–H and O–H groups in total. The van der Waals surface area contributed by atoms with Crippen LogP contribution in [0, 0.1) is 13.8 Å². The summed E-state index contributed by atoms with van der Waals surface area (Å²) in [6.45, 7) is 4.00. The number of aryl methyl sites for hydroxylation is 2. The van der Waals surface area contributed by atoms with Crippen LogP contribution in [0.15, 0.2) is 213 Å². The van der Waals surface area contributed by atoms with E-state index < -0.39 is 0 Å². The van der Waals surface area contributed by atoms with Gasteiger partial charge in [0, 0.05) is 62.7 Å². The van der Waals surface area contributed by atoms with Gasteiger partial charge in [0.25, 0.3) is 0 Å². The third-order valence-electron chi connectivity index (χ3n) is 11.6. The molecule has 4 heterocycles. The van der Waals surface area contributed by atoms with Crippen molar-refractivity contribution in [3.05, 3.63) is 224 Å². The summed E-state index contributed by atoms with van der Waals surface area (Å²) in [6.07, 6.45) is 3.64. The molecule has 0 bridgehead atoms. The van der Waals surface area contributed by atoms with Crippen LogP contribution in [0.25, 0.3) is 113 Å². The van der Waals surface area contributed by atoms with Crippen LogP contribution in [-0.2, 0) is 0 Å². The highest BCUT2D eigenvalue weighted by Crippen LogP contribution is 2.38. The molecule has 0 saturated carbocycles. The molecule has 11 aromatic rings. The van der Waals surface area contributed by atoms with Crippen molar-refractivity contribution >= 4 is 0 Å². The van der Waals surface area contributed by atoms with Gasteiger partial charge in [0.15, 0.2) is 40.8 Å². The summed E-state index contributed by atoms with van der Waals surface area (Å²) in [5.41, 5.74) is 14.0. The summed E-state index contributed by atoms with van der Waals surface area (Å²) in [5, 5.41) is 0. The van der Waals surface area contributed by atoms with E-state index in [0.29, 0.717) is 40.8 Å². The van der Waals surface area contributed by atoms with Gasteiger partial charge in [0.2, 0.25) is 0 Å². The summed E-state index contributed by atoms with van der Waals surface area (Å²) >= 11 is 0. The van der Waals surface area contributed by atoms with Crippen molar-refractivity contribution in [2.75, 3.05) is 0 Å². The summed E-state index contributed by atoms with van der Waals surface area (Å²) in [5.74, 6) is 4.18. The zero-order chi connectivity index (χ0) is 45.8. The first kappa shape index (κ1) is 41.5. The molecule has 11 rings (SSSR count). The summed E-state index contributed by atoms with van der Waals surface area (Å²) < 4.78 is 0. The second kappa shape index (κ2) is 18.3. The maximum absolute atomic E-state index is 5.12. The molecule has 0 saturated heterocycles. The topological polar surface area (TPSA) is 116 Å². The predicted molar refractivity (Wildman–Crippen MR) is 270 cm³/mol. The molecule has 0 aliphatic carbocycles. The fourth-order valence-electron chi connectivity index (χ4n) is 8.30. The highest BCUT2D eigenvalue weighted by atomic mass is 15.0. The maximum atomic E-state index is 5.12. The Morgan fingerprint density at radius 3 is 1.12 bits per heavy atom. The molecule has 0 fully saturated rings.